The van der Waals surface area contributed by atoms with E-state index in [9.17, 15) is 19.2 Å². The number of carbonyl (C=O) groups is 4. The number of imide groups is 2. The van der Waals surface area contributed by atoms with Gasteiger partial charge in [0.1, 0.15) is 0 Å². The average molecular weight is 275 g/mol. The van der Waals surface area contributed by atoms with Gasteiger partial charge in [-0.1, -0.05) is 6.07 Å². The molecule has 0 aliphatic carbocycles. The Bertz CT molecular complexity index is 596. The SMILES string of the molecule is Nc1cccc2c1C(=O)NC2=O.O=C1CCCC(=O)N1. The van der Waals surface area contributed by atoms with Crippen molar-refractivity contribution in [1.29, 1.82) is 0 Å². The molecule has 4 amide bonds. The molecular weight excluding hydrogens is 262 g/mol. The topological polar surface area (TPSA) is 118 Å². The van der Waals surface area contributed by atoms with Crippen LogP contribution >= 0.6 is 0 Å². The first kappa shape index (κ1) is 13.7. The summed E-state index contributed by atoms with van der Waals surface area (Å²) in [5, 5.41) is 4.37. The first-order valence-corrected chi connectivity index (χ1v) is 6.06. The third-order valence-electron chi connectivity index (χ3n) is 2.88. The van der Waals surface area contributed by atoms with E-state index in [0.29, 0.717) is 36.1 Å². The van der Waals surface area contributed by atoms with Crippen molar-refractivity contribution < 1.29 is 19.2 Å². The number of amides is 4. The summed E-state index contributed by atoms with van der Waals surface area (Å²) < 4.78 is 0. The number of nitrogens with one attached hydrogen (secondary N) is 2. The van der Waals surface area contributed by atoms with Gasteiger partial charge in [0.15, 0.2) is 0 Å². The highest BCUT2D eigenvalue weighted by Crippen LogP contribution is 2.20. The summed E-state index contributed by atoms with van der Waals surface area (Å²) in [5.74, 6) is -1.06. The fraction of sp³-hybridized carbons (Fsp3) is 0.231. The molecule has 2 aliphatic rings. The second-order valence-corrected chi connectivity index (χ2v) is 4.38. The van der Waals surface area contributed by atoms with Gasteiger partial charge in [0, 0.05) is 18.5 Å². The lowest BCUT2D eigenvalue weighted by Gasteiger charge is -2.07. The van der Waals surface area contributed by atoms with E-state index < -0.39 is 5.91 Å². The first-order valence-electron chi connectivity index (χ1n) is 6.06. The number of fused-ring (bicyclic) bond motifs is 1. The van der Waals surface area contributed by atoms with Gasteiger partial charge in [-0.25, -0.2) is 0 Å². The van der Waals surface area contributed by atoms with E-state index in [1.165, 1.54) is 0 Å². The van der Waals surface area contributed by atoms with Gasteiger partial charge < -0.3 is 5.73 Å². The zero-order valence-electron chi connectivity index (χ0n) is 10.6. The molecule has 0 saturated carbocycles. The summed E-state index contributed by atoms with van der Waals surface area (Å²) in [6.45, 7) is 0. The van der Waals surface area contributed by atoms with Gasteiger partial charge >= 0.3 is 0 Å². The Morgan fingerprint density at radius 1 is 0.900 bits per heavy atom. The molecule has 0 atom stereocenters. The maximum Gasteiger partial charge on any atom is 0.261 e. The zero-order valence-corrected chi connectivity index (χ0v) is 10.6. The number of benzene rings is 1. The van der Waals surface area contributed by atoms with Crippen LogP contribution in [0.2, 0.25) is 0 Å². The van der Waals surface area contributed by atoms with E-state index in [1.807, 2.05) is 0 Å². The van der Waals surface area contributed by atoms with Crippen LogP contribution in [0.25, 0.3) is 0 Å². The maximum atomic E-state index is 11.1. The molecule has 4 N–H and O–H groups in total. The number of hydrogen-bond donors (Lipinski definition) is 3. The summed E-state index contributed by atoms with van der Waals surface area (Å²) in [4.78, 5) is 42.8. The number of hydrogen-bond acceptors (Lipinski definition) is 5. The Morgan fingerprint density at radius 2 is 1.55 bits per heavy atom. The molecule has 0 unspecified atom stereocenters. The third kappa shape index (κ3) is 2.82. The minimum Gasteiger partial charge on any atom is -0.398 e. The number of nitrogens with two attached hydrogens (primary N) is 1. The molecule has 0 bridgehead atoms. The Balaban J connectivity index is 0.000000160. The van der Waals surface area contributed by atoms with Crippen molar-refractivity contribution in [3.05, 3.63) is 29.3 Å². The number of carbonyl (C=O) groups excluding carboxylic acids is 4. The summed E-state index contributed by atoms with van der Waals surface area (Å²) in [6.07, 6.45) is 1.72. The van der Waals surface area contributed by atoms with Gasteiger partial charge in [-0.05, 0) is 18.6 Å². The van der Waals surface area contributed by atoms with Crippen molar-refractivity contribution in [3.8, 4) is 0 Å². The van der Waals surface area contributed by atoms with Crippen LogP contribution in [0.3, 0.4) is 0 Å². The number of rotatable bonds is 0. The largest absolute Gasteiger partial charge is 0.398 e. The first-order chi connectivity index (χ1) is 9.49. The number of anilines is 1. The highest BCUT2D eigenvalue weighted by molar-refractivity contribution is 6.23. The molecule has 2 aliphatic heterocycles. The van der Waals surface area contributed by atoms with Crippen LogP contribution in [0.4, 0.5) is 5.69 Å². The van der Waals surface area contributed by atoms with Crippen LogP contribution in [-0.4, -0.2) is 23.6 Å². The van der Waals surface area contributed by atoms with Crippen LogP contribution in [0.5, 0.6) is 0 Å². The lowest BCUT2D eigenvalue weighted by atomic mass is 10.1. The molecule has 3 rings (SSSR count). The maximum absolute atomic E-state index is 11.1. The van der Waals surface area contributed by atoms with E-state index >= 15 is 0 Å². The molecule has 104 valence electrons. The molecule has 1 fully saturated rings. The Kier molecular flexibility index (Phi) is 3.79. The minimum atomic E-state index is -0.409. The van der Waals surface area contributed by atoms with E-state index in [1.54, 1.807) is 18.2 Å². The predicted octanol–water partition coefficient (Wildman–Crippen LogP) is -0.0345. The molecule has 7 nitrogen and oxygen atoms in total. The molecule has 1 aromatic rings. The molecule has 0 radical (unpaired) electrons. The van der Waals surface area contributed by atoms with Crippen molar-refractivity contribution in [2.75, 3.05) is 5.73 Å². The second kappa shape index (κ2) is 5.52. The van der Waals surface area contributed by atoms with Gasteiger partial charge in [-0.15, -0.1) is 0 Å². The Hall–Kier alpha value is -2.70. The standard InChI is InChI=1S/C8H6N2O2.C5H7NO2/c9-5-3-1-2-4-6(5)8(12)10-7(4)11;7-4-2-1-3-5(8)6-4/h1-3H,9H2,(H,10,11,12);1-3H2,(H,6,7,8). The molecular formula is C13H13N3O4. The van der Waals surface area contributed by atoms with Gasteiger partial charge in [-0.2, -0.15) is 0 Å². The normalized spacial score (nSPS) is 16.8. The van der Waals surface area contributed by atoms with Crippen LogP contribution in [0, 0.1) is 0 Å². The highest BCUT2D eigenvalue weighted by atomic mass is 16.2. The predicted molar refractivity (Wildman–Crippen MR) is 69.7 cm³/mol. The van der Waals surface area contributed by atoms with Crippen molar-refractivity contribution in [2.45, 2.75) is 19.3 Å². The second-order valence-electron chi connectivity index (χ2n) is 4.38. The van der Waals surface area contributed by atoms with Gasteiger partial charge in [-0.3, -0.25) is 29.8 Å². The quantitative estimate of drug-likeness (QED) is 0.453. The third-order valence-corrected chi connectivity index (χ3v) is 2.88. The lowest BCUT2D eigenvalue weighted by molar-refractivity contribution is -0.132. The fourth-order valence-corrected chi connectivity index (χ4v) is 1.94. The Labute approximate surface area is 114 Å². The molecule has 20 heavy (non-hydrogen) atoms. The van der Waals surface area contributed by atoms with Crippen LogP contribution in [0.15, 0.2) is 18.2 Å². The summed E-state index contributed by atoms with van der Waals surface area (Å²) in [5.41, 5.74) is 6.51. The van der Waals surface area contributed by atoms with Crippen molar-refractivity contribution in [3.63, 3.8) is 0 Å². The van der Waals surface area contributed by atoms with E-state index in [4.69, 9.17) is 5.73 Å². The summed E-state index contributed by atoms with van der Waals surface area (Å²) in [6, 6.07) is 4.81. The minimum absolute atomic E-state index is 0.138. The van der Waals surface area contributed by atoms with E-state index in [-0.39, 0.29) is 17.7 Å². The molecule has 1 aromatic carbocycles. The van der Waals surface area contributed by atoms with Crippen molar-refractivity contribution in [1.82, 2.24) is 10.6 Å². The zero-order chi connectivity index (χ0) is 14.7. The fourth-order valence-electron chi connectivity index (χ4n) is 1.94. The molecule has 0 aromatic heterocycles. The van der Waals surface area contributed by atoms with Gasteiger partial charge in [0.05, 0.1) is 11.1 Å². The molecule has 2 heterocycles. The van der Waals surface area contributed by atoms with E-state index in [2.05, 4.69) is 10.6 Å². The van der Waals surface area contributed by atoms with Crippen molar-refractivity contribution in [2.24, 2.45) is 0 Å². The van der Waals surface area contributed by atoms with Crippen LogP contribution < -0.4 is 16.4 Å². The number of nitrogen functional groups attached to an aromatic ring is 1. The molecule has 7 heteroatoms. The summed E-state index contributed by atoms with van der Waals surface area (Å²) >= 11 is 0. The lowest BCUT2D eigenvalue weighted by Crippen LogP contribution is -2.33. The monoisotopic (exact) mass is 275 g/mol. The molecule has 1 saturated heterocycles. The van der Waals surface area contributed by atoms with Crippen molar-refractivity contribution >= 4 is 29.3 Å². The number of piperidine rings is 1. The van der Waals surface area contributed by atoms with Gasteiger partial charge in [0.25, 0.3) is 11.8 Å². The van der Waals surface area contributed by atoms with Crippen LogP contribution in [0.1, 0.15) is 40.0 Å². The highest BCUT2D eigenvalue weighted by Gasteiger charge is 2.28. The smallest absolute Gasteiger partial charge is 0.261 e. The summed E-state index contributed by atoms with van der Waals surface area (Å²) in [7, 11) is 0. The van der Waals surface area contributed by atoms with Gasteiger partial charge in [0.2, 0.25) is 11.8 Å². The van der Waals surface area contributed by atoms with E-state index in [0.717, 1.165) is 0 Å². The average Bonchev–Trinajstić information content (AvgIpc) is 2.67. The van der Waals surface area contributed by atoms with Crippen LogP contribution in [-0.2, 0) is 9.59 Å². The Morgan fingerprint density at radius 3 is 2.05 bits per heavy atom. The molecule has 0 spiro atoms.